The molecule has 1 aromatic rings. The second-order valence-electron chi connectivity index (χ2n) is 4.18. The molecule has 20 heavy (non-hydrogen) atoms. The summed E-state index contributed by atoms with van der Waals surface area (Å²) >= 11 is 3.48. The Hall–Kier alpha value is -1.69. The third kappa shape index (κ3) is 3.66. The van der Waals surface area contributed by atoms with Crippen LogP contribution in [0.2, 0.25) is 0 Å². The van der Waals surface area contributed by atoms with Crippen LogP contribution in [0.25, 0.3) is 0 Å². The first-order valence-corrected chi connectivity index (χ1v) is 7.25. The van der Waals surface area contributed by atoms with Crippen molar-refractivity contribution in [2.24, 2.45) is 4.99 Å². The molecule has 1 heterocycles. The Bertz CT molecular complexity index is 517. The number of guanidine groups is 1. The van der Waals surface area contributed by atoms with Crippen LogP contribution in [0.1, 0.15) is 12.5 Å². The lowest BCUT2D eigenvalue weighted by molar-refractivity contribution is 0.173. The molecule has 0 atom stereocenters. The van der Waals surface area contributed by atoms with E-state index in [1.165, 1.54) is 0 Å². The molecule has 1 aromatic carbocycles. The van der Waals surface area contributed by atoms with Gasteiger partial charge in [-0.1, -0.05) is 6.08 Å². The second-order valence-corrected chi connectivity index (χ2v) is 5.03. The maximum Gasteiger partial charge on any atom is 0.231 e. The van der Waals surface area contributed by atoms with Gasteiger partial charge in [0.25, 0.3) is 0 Å². The molecular formula is C14H18BrN3O2. The van der Waals surface area contributed by atoms with Crippen LogP contribution in [0.4, 0.5) is 0 Å². The van der Waals surface area contributed by atoms with E-state index >= 15 is 0 Å². The Balaban J connectivity index is 2.08. The highest BCUT2D eigenvalue weighted by atomic mass is 79.9. The molecule has 0 saturated carbocycles. The van der Waals surface area contributed by atoms with Gasteiger partial charge in [-0.05, 0) is 40.5 Å². The highest BCUT2D eigenvalue weighted by Gasteiger charge is 2.17. The molecule has 2 rings (SSSR count). The fourth-order valence-corrected chi connectivity index (χ4v) is 2.40. The first-order chi connectivity index (χ1) is 9.74. The van der Waals surface area contributed by atoms with Crippen molar-refractivity contribution in [3.8, 4) is 11.5 Å². The summed E-state index contributed by atoms with van der Waals surface area (Å²) in [6.07, 6.45) is 1.80. The van der Waals surface area contributed by atoms with Gasteiger partial charge in [0.05, 0.1) is 11.0 Å². The lowest BCUT2D eigenvalue weighted by atomic mass is 10.2. The lowest BCUT2D eigenvalue weighted by Gasteiger charge is -2.09. The maximum absolute atomic E-state index is 5.39. The average molecular weight is 340 g/mol. The molecule has 0 aromatic heterocycles. The van der Waals surface area contributed by atoms with Crippen molar-refractivity contribution in [1.82, 2.24) is 10.6 Å². The van der Waals surface area contributed by atoms with E-state index in [-0.39, 0.29) is 6.79 Å². The number of fused-ring (bicyclic) bond motifs is 1. The van der Waals surface area contributed by atoms with Gasteiger partial charge in [0, 0.05) is 13.1 Å². The standard InChI is InChI=1S/C14H18BrN3O2/c1-3-5-17-14(16-4-2)18-8-10-6-11(15)13-12(7-10)19-9-20-13/h3,6-7H,1,4-5,8-9H2,2H3,(H2,16,17,18). The predicted molar refractivity (Wildman–Crippen MR) is 83.3 cm³/mol. The van der Waals surface area contributed by atoms with Gasteiger partial charge in [0.2, 0.25) is 6.79 Å². The SMILES string of the molecule is C=CCNC(=NCc1cc(Br)c2c(c1)OCO2)NCC. The number of nitrogens with zero attached hydrogens (tertiary/aromatic N) is 1. The summed E-state index contributed by atoms with van der Waals surface area (Å²) in [5.41, 5.74) is 1.05. The zero-order valence-electron chi connectivity index (χ0n) is 11.4. The van der Waals surface area contributed by atoms with Crippen LogP contribution in [-0.2, 0) is 6.54 Å². The van der Waals surface area contributed by atoms with Gasteiger partial charge in [0.15, 0.2) is 17.5 Å². The molecule has 108 valence electrons. The Morgan fingerprint density at radius 3 is 3.05 bits per heavy atom. The van der Waals surface area contributed by atoms with E-state index in [1.54, 1.807) is 6.08 Å². The molecule has 0 amide bonds. The molecule has 0 fully saturated rings. The van der Waals surface area contributed by atoms with Crippen LogP contribution in [0, 0.1) is 0 Å². The van der Waals surface area contributed by atoms with E-state index in [2.05, 4.69) is 38.1 Å². The minimum atomic E-state index is 0.268. The molecule has 0 unspecified atom stereocenters. The number of rotatable bonds is 5. The van der Waals surface area contributed by atoms with Crippen molar-refractivity contribution < 1.29 is 9.47 Å². The quantitative estimate of drug-likeness (QED) is 0.491. The topological polar surface area (TPSA) is 54.9 Å². The third-order valence-electron chi connectivity index (χ3n) is 2.66. The Morgan fingerprint density at radius 1 is 1.45 bits per heavy atom. The molecule has 0 spiro atoms. The van der Waals surface area contributed by atoms with Crippen LogP contribution in [0.15, 0.2) is 34.3 Å². The molecule has 2 N–H and O–H groups in total. The number of hydrogen-bond acceptors (Lipinski definition) is 3. The predicted octanol–water partition coefficient (Wildman–Crippen LogP) is 2.42. The second kappa shape index (κ2) is 7.19. The largest absolute Gasteiger partial charge is 0.454 e. The first kappa shape index (κ1) is 14.7. The van der Waals surface area contributed by atoms with Crippen LogP contribution in [0.5, 0.6) is 11.5 Å². The summed E-state index contributed by atoms with van der Waals surface area (Å²) in [5.74, 6) is 2.28. The maximum atomic E-state index is 5.39. The Labute approximate surface area is 127 Å². The van der Waals surface area contributed by atoms with Crippen LogP contribution in [0.3, 0.4) is 0 Å². The smallest absolute Gasteiger partial charge is 0.231 e. The molecular weight excluding hydrogens is 322 g/mol. The summed E-state index contributed by atoms with van der Waals surface area (Å²) in [4.78, 5) is 4.52. The zero-order chi connectivity index (χ0) is 14.4. The molecule has 0 aliphatic carbocycles. The normalized spacial score (nSPS) is 13.2. The van der Waals surface area contributed by atoms with Crippen molar-refractivity contribution in [3.63, 3.8) is 0 Å². The first-order valence-electron chi connectivity index (χ1n) is 6.45. The summed E-state index contributed by atoms with van der Waals surface area (Å²) in [7, 11) is 0. The number of halogens is 1. The van der Waals surface area contributed by atoms with Gasteiger partial charge in [-0.2, -0.15) is 0 Å². The fraction of sp³-hybridized carbons (Fsp3) is 0.357. The number of nitrogens with one attached hydrogen (secondary N) is 2. The van der Waals surface area contributed by atoms with E-state index in [0.29, 0.717) is 13.1 Å². The van der Waals surface area contributed by atoms with Crippen LogP contribution >= 0.6 is 15.9 Å². The molecule has 0 bridgehead atoms. The minimum Gasteiger partial charge on any atom is -0.454 e. The van der Waals surface area contributed by atoms with E-state index in [9.17, 15) is 0 Å². The van der Waals surface area contributed by atoms with Gasteiger partial charge in [0.1, 0.15) is 0 Å². The van der Waals surface area contributed by atoms with E-state index in [0.717, 1.165) is 34.0 Å². The van der Waals surface area contributed by atoms with Gasteiger partial charge in [-0.25, -0.2) is 4.99 Å². The molecule has 0 saturated heterocycles. The Kier molecular flexibility index (Phi) is 5.29. The lowest BCUT2D eigenvalue weighted by Crippen LogP contribution is -2.37. The summed E-state index contributed by atoms with van der Waals surface area (Å²) in [6.45, 7) is 8.03. The number of aliphatic imine (C=N–C) groups is 1. The summed E-state index contributed by atoms with van der Waals surface area (Å²) in [5, 5.41) is 6.34. The average Bonchev–Trinajstić information content (AvgIpc) is 2.91. The minimum absolute atomic E-state index is 0.268. The number of hydrogen-bond donors (Lipinski definition) is 2. The number of benzene rings is 1. The number of ether oxygens (including phenoxy) is 2. The van der Waals surface area contributed by atoms with Gasteiger partial charge >= 0.3 is 0 Å². The molecule has 0 radical (unpaired) electrons. The summed E-state index contributed by atoms with van der Waals surface area (Å²) in [6, 6.07) is 3.95. The van der Waals surface area contributed by atoms with Crippen LogP contribution in [-0.4, -0.2) is 25.8 Å². The molecule has 1 aliphatic rings. The van der Waals surface area contributed by atoms with Crippen molar-refractivity contribution in [1.29, 1.82) is 0 Å². The highest BCUT2D eigenvalue weighted by Crippen LogP contribution is 2.40. The molecule has 1 aliphatic heterocycles. The van der Waals surface area contributed by atoms with Gasteiger partial charge < -0.3 is 20.1 Å². The molecule has 6 heteroatoms. The Morgan fingerprint density at radius 2 is 2.30 bits per heavy atom. The van der Waals surface area contributed by atoms with Crippen LogP contribution < -0.4 is 20.1 Å². The summed E-state index contributed by atoms with van der Waals surface area (Å²) < 4.78 is 11.6. The fourth-order valence-electron chi connectivity index (χ4n) is 1.79. The van der Waals surface area contributed by atoms with Gasteiger partial charge in [-0.15, -0.1) is 6.58 Å². The van der Waals surface area contributed by atoms with Crippen molar-refractivity contribution in [2.45, 2.75) is 13.5 Å². The molecule has 5 nitrogen and oxygen atoms in total. The highest BCUT2D eigenvalue weighted by molar-refractivity contribution is 9.10. The third-order valence-corrected chi connectivity index (χ3v) is 3.25. The zero-order valence-corrected chi connectivity index (χ0v) is 13.0. The monoisotopic (exact) mass is 339 g/mol. The van der Waals surface area contributed by atoms with E-state index in [4.69, 9.17) is 9.47 Å². The van der Waals surface area contributed by atoms with Gasteiger partial charge in [-0.3, -0.25) is 0 Å². The van der Waals surface area contributed by atoms with Crippen molar-refractivity contribution >= 4 is 21.9 Å². The van der Waals surface area contributed by atoms with E-state index in [1.807, 2.05) is 19.1 Å². The van der Waals surface area contributed by atoms with Crippen molar-refractivity contribution in [3.05, 3.63) is 34.8 Å². The van der Waals surface area contributed by atoms with E-state index < -0.39 is 0 Å². The van der Waals surface area contributed by atoms with Crippen molar-refractivity contribution in [2.75, 3.05) is 19.9 Å².